The highest BCUT2D eigenvalue weighted by Gasteiger charge is 2.16. The molecule has 0 saturated carbocycles. The third-order valence-corrected chi connectivity index (χ3v) is 2.91. The van der Waals surface area contributed by atoms with E-state index < -0.39 is 0 Å². The molecule has 1 amide bonds. The largest absolute Gasteiger partial charge is 0.351 e. The number of carbonyl (C=O) groups is 1. The van der Waals surface area contributed by atoms with Gasteiger partial charge < -0.3 is 5.32 Å². The van der Waals surface area contributed by atoms with E-state index in [0.717, 1.165) is 15.6 Å². The number of amides is 1. The highest BCUT2D eigenvalue weighted by atomic mass is 32.1. The molecule has 0 bridgehead atoms. The van der Waals surface area contributed by atoms with Crippen molar-refractivity contribution in [1.82, 2.24) is 10.3 Å². The van der Waals surface area contributed by atoms with E-state index in [1.807, 2.05) is 34.6 Å². The fourth-order valence-corrected chi connectivity index (χ4v) is 2.28. The topological polar surface area (TPSA) is 42.0 Å². The highest BCUT2D eigenvalue weighted by Crippen LogP contribution is 2.17. The Hall–Kier alpha value is -0.900. The predicted molar refractivity (Wildman–Crippen MR) is 63.2 cm³/mol. The van der Waals surface area contributed by atoms with E-state index in [0.29, 0.717) is 6.42 Å². The summed E-state index contributed by atoms with van der Waals surface area (Å²) in [5.74, 6) is 0.0641. The van der Waals surface area contributed by atoms with Crippen molar-refractivity contribution in [3.05, 3.63) is 15.6 Å². The molecule has 1 heterocycles. The minimum atomic E-state index is -0.162. The first-order chi connectivity index (χ1) is 6.78. The van der Waals surface area contributed by atoms with Crippen LogP contribution in [0.5, 0.6) is 0 Å². The Morgan fingerprint density at radius 1 is 1.40 bits per heavy atom. The molecule has 84 valence electrons. The summed E-state index contributed by atoms with van der Waals surface area (Å²) in [7, 11) is 0. The zero-order chi connectivity index (χ0) is 11.6. The van der Waals surface area contributed by atoms with Gasteiger partial charge in [-0.2, -0.15) is 0 Å². The molecule has 0 radical (unpaired) electrons. The van der Waals surface area contributed by atoms with Gasteiger partial charge >= 0.3 is 0 Å². The number of nitrogens with zero attached hydrogens (tertiary/aromatic N) is 1. The second-order valence-electron chi connectivity index (χ2n) is 4.72. The summed E-state index contributed by atoms with van der Waals surface area (Å²) in [6.07, 6.45) is 0.439. The Balaban J connectivity index is 2.63. The maximum atomic E-state index is 11.7. The number of hydrogen-bond acceptors (Lipinski definition) is 3. The number of rotatable bonds is 2. The van der Waals surface area contributed by atoms with Gasteiger partial charge in [-0.15, -0.1) is 11.3 Å². The van der Waals surface area contributed by atoms with Crippen LogP contribution in [0.3, 0.4) is 0 Å². The first kappa shape index (κ1) is 12.2. The zero-order valence-electron chi connectivity index (χ0n) is 9.97. The van der Waals surface area contributed by atoms with Crippen molar-refractivity contribution in [3.8, 4) is 0 Å². The number of nitrogens with one attached hydrogen (secondary N) is 1. The van der Waals surface area contributed by atoms with Gasteiger partial charge in [0, 0.05) is 10.4 Å². The van der Waals surface area contributed by atoms with Gasteiger partial charge in [0.15, 0.2) is 0 Å². The number of aromatic nitrogens is 1. The molecule has 0 fully saturated rings. The number of thiazole rings is 1. The Morgan fingerprint density at radius 2 is 2.00 bits per heavy atom. The molecule has 15 heavy (non-hydrogen) atoms. The van der Waals surface area contributed by atoms with Crippen LogP contribution in [0, 0.1) is 13.8 Å². The van der Waals surface area contributed by atoms with Crippen LogP contribution in [0.25, 0.3) is 0 Å². The molecule has 0 aliphatic carbocycles. The van der Waals surface area contributed by atoms with Gasteiger partial charge in [-0.1, -0.05) is 0 Å². The quantitative estimate of drug-likeness (QED) is 0.840. The number of aryl methyl sites for hydroxylation is 2. The van der Waals surface area contributed by atoms with Crippen molar-refractivity contribution in [3.63, 3.8) is 0 Å². The Labute approximate surface area is 94.9 Å². The van der Waals surface area contributed by atoms with Crippen molar-refractivity contribution >= 4 is 17.2 Å². The van der Waals surface area contributed by atoms with Crippen LogP contribution in [-0.2, 0) is 11.2 Å². The maximum absolute atomic E-state index is 11.7. The minimum Gasteiger partial charge on any atom is -0.351 e. The summed E-state index contributed by atoms with van der Waals surface area (Å²) in [4.78, 5) is 17.0. The third kappa shape index (κ3) is 4.00. The molecular formula is C11H18N2OS. The van der Waals surface area contributed by atoms with E-state index >= 15 is 0 Å². The molecule has 1 aromatic heterocycles. The SMILES string of the molecule is Cc1nc(C)c(CC(=O)NC(C)(C)C)s1. The Bertz CT molecular complexity index is 363. The molecule has 0 atom stereocenters. The lowest BCUT2D eigenvalue weighted by atomic mass is 10.1. The van der Waals surface area contributed by atoms with Crippen LogP contribution < -0.4 is 5.32 Å². The van der Waals surface area contributed by atoms with E-state index in [1.165, 1.54) is 0 Å². The molecule has 0 aliphatic rings. The summed E-state index contributed by atoms with van der Waals surface area (Å²) in [6.45, 7) is 9.85. The summed E-state index contributed by atoms with van der Waals surface area (Å²) < 4.78 is 0. The highest BCUT2D eigenvalue weighted by molar-refractivity contribution is 7.11. The lowest BCUT2D eigenvalue weighted by molar-refractivity contribution is -0.121. The normalized spacial score (nSPS) is 11.5. The molecule has 0 spiro atoms. The van der Waals surface area contributed by atoms with Crippen LogP contribution in [0.15, 0.2) is 0 Å². The van der Waals surface area contributed by atoms with E-state index in [1.54, 1.807) is 11.3 Å². The molecule has 0 unspecified atom stereocenters. The van der Waals surface area contributed by atoms with Crippen LogP contribution >= 0.6 is 11.3 Å². The van der Waals surface area contributed by atoms with Crippen molar-refractivity contribution in [1.29, 1.82) is 0 Å². The van der Waals surface area contributed by atoms with Crippen LogP contribution in [0.4, 0.5) is 0 Å². The van der Waals surface area contributed by atoms with Gasteiger partial charge in [0.25, 0.3) is 0 Å². The van der Waals surface area contributed by atoms with Gasteiger partial charge in [0.05, 0.1) is 17.1 Å². The van der Waals surface area contributed by atoms with Crippen LogP contribution in [0.1, 0.15) is 36.3 Å². The average molecular weight is 226 g/mol. The van der Waals surface area contributed by atoms with E-state index in [-0.39, 0.29) is 11.4 Å². The van der Waals surface area contributed by atoms with Crippen molar-refractivity contribution in [2.24, 2.45) is 0 Å². The summed E-state index contributed by atoms with van der Waals surface area (Å²) in [6, 6.07) is 0. The van der Waals surface area contributed by atoms with Gasteiger partial charge in [-0.05, 0) is 34.6 Å². The van der Waals surface area contributed by atoms with Crippen molar-refractivity contribution < 1.29 is 4.79 Å². The number of carbonyl (C=O) groups excluding carboxylic acids is 1. The van der Waals surface area contributed by atoms with Gasteiger partial charge in [0.1, 0.15) is 0 Å². The molecule has 1 aromatic rings. The predicted octanol–water partition coefficient (Wildman–Crippen LogP) is 2.22. The van der Waals surface area contributed by atoms with Crippen molar-refractivity contribution in [2.75, 3.05) is 0 Å². The molecule has 3 nitrogen and oxygen atoms in total. The summed E-state index contributed by atoms with van der Waals surface area (Å²) in [5.41, 5.74) is 0.812. The lowest BCUT2D eigenvalue weighted by Crippen LogP contribution is -2.41. The monoisotopic (exact) mass is 226 g/mol. The van der Waals surface area contributed by atoms with Crippen LogP contribution in [0.2, 0.25) is 0 Å². The molecule has 0 aliphatic heterocycles. The molecule has 4 heteroatoms. The lowest BCUT2D eigenvalue weighted by Gasteiger charge is -2.20. The fraction of sp³-hybridized carbons (Fsp3) is 0.636. The first-order valence-electron chi connectivity index (χ1n) is 5.02. The molecule has 0 aromatic carbocycles. The van der Waals surface area contributed by atoms with Gasteiger partial charge in [-0.25, -0.2) is 4.98 Å². The average Bonchev–Trinajstić information content (AvgIpc) is 2.25. The van der Waals surface area contributed by atoms with E-state index in [2.05, 4.69) is 10.3 Å². The Morgan fingerprint density at radius 3 is 2.40 bits per heavy atom. The maximum Gasteiger partial charge on any atom is 0.225 e. The van der Waals surface area contributed by atoms with Gasteiger partial charge in [0.2, 0.25) is 5.91 Å². The Kier molecular flexibility index (Phi) is 3.50. The zero-order valence-corrected chi connectivity index (χ0v) is 10.8. The number of hydrogen-bond donors (Lipinski definition) is 1. The summed E-state index contributed by atoms with van der Waals surface area (Å²) in [5, 5.41) is 3.96. The standard InChI is InChI=1S/C11H18N2OS/c1-7-9(15-8(2)12-7)6-10(14)13-11(3,4)5/h6H2,1-5H3,(H,13,14). The molecule has 1 rings (SSSR count). The van der Waals surface area contributed by atoms with E-state index in [9.17, 15) is 4.79 Å². The van der Waals surface area contributed by atoms with E-state index in [4.69, 9.17) is 0 Å². The van der Waals surface area contributed by atoms with Gasteiger partial charge in [-0.3, -0.25) is 4.79 Å². The van der Waals surface area contributed by atoms with Crippen LogP contribution in [-0.4, -0.2) is 16.4 Å². The summed E-state index contributed by atoms with van der Waals surface area (Å²) >= 11 is 1.60. The minimum absolute atomic E-state index is 0.0641. The second-order valence-corrected chi connectivity index (χ2v) is 6.00. The first-order valence-corrected chi connectivity index (χ1v) is 5.83. The molecule has 1 N–H and O–H groups in total. The van der Waals surface area contributed by atoms with Crippen molar-refractivity contribution in [2.45, 2.75) is 46.6 Å². The molecule has 0 saturated heterocycles. The smallest absolute Gasteiger partial charge is 0.225 e. The third-order valence-electron chi connectivity index (χ3n) is 1.84. The molecular weight excluding hydrogens is 208 g/mol. The second kappa shape index (κ2) is 4.31. The fourth-order valence-electron chi connectivity index (χ4n) is 1.35.